The molecule has 0 aliphatic heterocycles. The van der Waals surface area contributed by atoms with Gasteiger partial charge >= 0.3 is 0 Å². The van der Waals surface area contributed by atoms with Gasteiger partial charge in [0.2, 0.25) is 5.88 Å². The van der Waals surface area contributed by atoms with Gasteiger partial charge in [-0.2, -0.15) is 0 Å². The van der Waals surface area contributed by atoms with E-state index in [-0.39, 0.29) is 11.2 Å². The molecular weight excluding hydrogens is 270 g/mol. The predicted molar refractivity (Wildman–Crippen MR) is 66.7 cm³/mol. The van der Waals surface area contributed by atoms with Gasteiger partial charge in [0.25, 0.3) is 0 Å². The predicted octanol–water partition coefficient (Wildman–Crippen LogP) is 3.01. The number of pyridine rings is 1. The Bertz CT molecular complexity index is 396. The Kier molecular flexibility index (Phi) is 4.08. The largest absolute Gasteiger partial charge is 0.481 e. The van der Waals surface area contributed by atoms with E-state index in [9.17, 15) is 4.79 Å². The Morgan fingerprint density at radius 2 is 2.06 bits per heavy atom. The summed E-state index contributed by atoms with van der Waals surface area (Å²) in [7, 11) is 1.56. The minimum atomic E-state index is -0.343. The summed E-state index contributed by atoms with van der Waals surface area (Å²) in [5, 5.41) is 0. The topological polar surface area (TPSA) is 39.2 Å². The van der Waals surface area contributed by atoms with Gasteiger partial charge in [-0.15, -0.1) is 0 Å². The minimum Gasteiger partial charge on any atom is -0.481 e. The second-order valence-corrected chi connectivity index (χ2v) is 5.49. The van der Waals surface area contributed by atoms with Gasteiger partial charge in [0.15, 0.2) is 0 Å². The fraction of sp³-hybridized carbons (Fsp3) is 0.500. The third-order valence-electron chi connectivity index (χ3n) is 2.27. The summed E-state index contributed by atoms with van der Waals surface area (Å²) < 4.78 is 5.87. The molecule has 3 nitrogen and oxygen atoms in total. The van der Waals surface area contributed by atoms with Crippen molar-refractivity contribution in [3.8, 4) is 5.88 Å². The summed E-state index contributed by atoms with van der Waals surface area (Å²) in [6.45, 7) is 5.72. The second-order valence-electron chi connectivity index (χ2n) is 4.63. The molecule has 0 amide bonds. The third-order valence-corrected chi connectivity index (χ3v) is 2.99. The molecule has 1 aromatic heterocycles. The maximum Gasteiger partial charge on any atom is 0.213 e. The van der Waals surface area contributed by atoms with Gasteiger partial charge in [0, 0.05) is 16.0 Å². The van der Waals surface area contributed by atoms with Crippen LogP contribution >= 0.6 is 15.9 Å². The Hall–Kier alpha value is -0.900. The molecule has 1 aromatic rings. The highest BCUT2D eigenvalue weighted by Gasteiger charge is 2.22. The zero-order valence-electron chi connectivity index (χ0n) is 10.0. The summed E-state index contributed by atoms with van der Waals surface area (Å²) in [6.07, 6.45) is 0.321. The molecule has 0 N–H and O–H groups in total. The summed E-state index contributed by atoms with van der Waals surface area (Å²) in [5.74, 6) is 0.689. The van der Waals surface area contributed by atoms with Gasteiger partial charge in [-0.1, -0.05) is 20.8 Å². The van der Waals surface area contributed by atoms with Crippen molar-refractivity contribution < 1.29 is 9.53 Å². The van der Waals surface area contributed by atoms with E-state index in [2.05, 4.69) is 20.9 Å². The van der Waals surface area contributed by atoms with E-state index < -0.39 is 0 Å². The number of carbonyl (C=O) groups excluding carboxylic acids is 1. The molecule has 0 saturated heterocycles. The molecule has 4 heteroatoms. The molecule has 16 heavy (non-hydrogen) atoms. The van der Waals surface area contributed by atoms with Crippen LogP contribution in [0, 0.1) is 5.41 Å². The van der Waals surface area contributed by atoms with E-state index in [0.717, 1.165) is 10.2 Å². The van der Waals surface area contributed by atoms with Crippen LogP contribution in [0.1, 0.15) is 26.5 Å². The monoisotopic (exact) mass is 285 g/mol. The van der Waals surface area contributed by atoms with E-state index in [0.29, 0.717) is 12.3 Å². The molecule has 1 heterocycles. The summed E-state index contributed by atoms with van der Waals surface area (Å²) >= 11 is 3.38. The summed E-state index contributed by atoms with van der Waals surface area (Å²) in [5.41, 5.74) is 0.378. The quantitative estimate of drug-likeness (QED) is 0.857. The lowest BCUT2D eigenvalue weighted by Crippen LogP contribution is -2.22. The Morgan fingerprint density at radius 3 is 2.56 bits per heavy atom. The third kappa shape index (κ3) is 3.30. The van der Waals surface area contributed by atoms with Crippen LogP contribution in [0.25, 0.3) is 0 Å². The number of hydrogen-bond donors (Lipinski definition) is 0. The molecule has 0 aromatic carbocycles. The molecule has 0 radical (unpaired) electrons. The van der Waals surface area contributed by atoms with Crippen LogP contribution in [-0.2, 0) is 11.2 Å². The number of halogens is 1. The molecule has 0 bridgehead atoms. The van der Waals surface area contributed by atoms with Crippen molar-refractivity contribution in [3.05, 3.63) is 22.3 Å². The Balaban J connectivity index is 2.92. The van der Waals surface area contributed by atoms with Crippen molar-refractivity contribution in [2.24, 2.45) is 5.41 Å². The van der Waals surface area contributed by atoms with Crippen LogP contribution in [0.3, 0.4) is 0 Å². The first-order valence-corrected chi connectivity index (χ1v) is 5.86. The summed E-state index contributed by atoms with van der Waals surface area (Å²) in [4.78, 5) is 16.1. The molecule has 0 saturated carbocycles. The van der Waals surface area contributed by atoms with Crippen molar-refractivity contribution >= 4 is 21.7 Å². The number of ether oxygens (including phenoxy) is 1. The first-order valence-electron chi connectivity index (χ1n) is 5.07. The molecular formula is C12H16BrNO2. The Morgan fingerprint density at radius 1 is 1.44 bits per heavy atom. The van der Waals surface area contributed by atoms with Gasteiger partial charge in [-0.05, 0) is 22.0 Å². The fourth-order valence-corrected chi connectivity index (χ4v) is 1.48. The average Bonchev–Trinajstić information content (AvgIpc) is 2.19. The van der Waals surface area contributed by atoms with Crippen LogP contribution in [0.15, 0.2) is 16.6 Å². The van der Waals surface area contributed by atoms with Crippen molar-refractivity contribution in [2.75, 3.05) is 7.11 Å². The number of Topliss-reactive ketones (excluding diaryl/α,β-unsaturated/α-hetero) is 1. The normalized spacial score (nSPS) is 11.3. The molecule has 0 spiro atoms. The minimum absolute atomic E-state index is 0.161. The molecule has 1 rings (SSSR count). The van der Waals surface area contributed by atoms with Crippen LogP contribution in [0.4, 0.5) is 0 Å². The van der Waals surface area contributed by atoms with Gasteiger partial charge in [-0.3, -0.25) is 4.79 Å². The van der Waals surface area contributed by atoms with Crippen molar-refractivity contribution in [2.45, 2.75) is 27.2 Å². The van der Waals surface area contributed by atoms with Crippen LogP contribution < -0.4 is 4.74 Å². The summed E-state index contributed by atoms with van der Waals surface area (Å²) in [6, 6.07) is 3.60. The van der Waals surface area contributed by atoms with E-state index in [1.165, 1.54) is 0 Å². The molecule has 0 atom stereocenters. The molecule has 88 valence electrons. The number of ketones is 1. The lowest BCUT2D eigenvalue weighted by molar-refractivity contribution is -0.125. The standard InChI is InChI=1S/C12H16BrNO2/c1-12(2,3)10(15)7-9-8(13)5-6-11(14-9)16-4/h5-6H,7H2,1-4H3. The van der Waals surface area contributed by atoms with Gasteiger partial charge in [-0.25, -0.2) is 4.98 Å². The number of hydrogen-bond acceptors (Lipinski definition) is 3. The SMILES string of the molecule is COc1ccc(Br)c(CC(=O)C(C)(C)C)n1. The first-order chi connectivity index (χ1) is 7.34. The molecule has 0 aliphatic carbocycles. The fourth-order valence-electron chi connectivity index (χ4n) is 1.12. The van der Waals surface area contributed by atoms with Crippen LogP contribution in [0.2, 0.25) is 0 Å². The highest BCUT2D eigenvalue weighted by atomic mass is 79.9. The lowest BCUT2D eigenvalue weighted by atomic mass is 9.88. The number of carbonyl (C=O) groups is 1. The van der Waals surface area contributed by atoms with E-state index in [1.54, 1.807) is 13.2 Å². The highest BCUT2D eigenvalue weighted by Crippen LogP contribution is 2.23. The number of rotatable bonds is 3. The highest BCUT2D eigenvalue weighted by molar-refractivity contribution is 9.10. The average molecular weight is 286 g/mol. The van der Waals surface area contributed by atoms with Crippen molar-refractivity contribution in [1.29, 1.82) is 0 Å². The van der Waals surface area contributed by atoms with E-state index in [4.69, 9.17) is 4.74 Å². The lowest BCUT2D eigenvalue weighted by Gasteiger charge is -2.16. The molecule has 0 aliphatic rings. The zero-order chi connectivity index (χ0) is 12.3. The number of nitrogens with zero attached hydrogens (tertiary/aromatic N) is 1. The van der Waals surface area contributed by atoms with E-state index >= 15 is 0 Å². The molecule has 0 unspecified atom stereocenters. The Labute approximate surface area is 104 Å². The maximum atomic E-state index is 11.9. The zero-order valence-corrected chi connectivity index (χ0v) is 11.6. The van der Waals surface area contributed by atoms with Gasteiger partial charge in [0.05, 0.1) is 19.2 Å². The smallest absolute Gasteiger partial charge is 0.213 e. The number of methoxy groups -OCH3 is 1. The van der Waals surface area contributed by atoms with Crippen molar-refractivity contribution in [1.82, 2.24) is 4.98 Å². The molecule has 0 fully saturated rings. The number of aromatic nitrogens is 1. The van der Waals surface area contributed by atoms with E-state index in [1.807, 2.05) is 26.8 Å². The second kappa shape index (κ2) is 4.95. The van der Waals surface area contributed by atoms with Crippen LogP contribution in [-0.4, -0.2) is 17.9 Å². The van der Waals surface area contributed by atoms with Crippen molar-refractivity contribution in [3.63, 3.8) is 0 Å². The first kappa shape index (κ1) is 13.2. The maximum absolute atomic E-state index is 11.9. The van der Waals surface area contributed by atoms with Crippen LogP contribution in [0.5, 0.6) is 5.88 Å². The van der Waals surface area contributed by atoms with Gasteiger partial charge in [0.1, 0.15) is 5.78 Å². The van der Waals surface area contributed by atoms with Gasteiger partial charge < -0.3 is 4.74 Å².